The van der Waals surface area contributed by atoms with Gasteiger partial charge in [-0.2, -0.15) is 5.26 Å². The topological polar surface area (TPSA) is 43.2 Å². The molecule has 2 aliphatic rings. The van der Waals surface area contributed by atoms with Crippen molar-refractivity contribution in [3.63, 3.8) is 0 Å². The van der Waals surface area contributed by atoms with Crippen molar-refractivity contribution in [1.82, 2.24) is 9.88 Å². The molecular weight excluding hydrogens is 236 g/mol. The van der Waals surface area contributed by atoms with Crippen molar-refractivity contribution in [1.29, 1.82) is 5.26 Å². The van der Waals surface area contributed by atoms with Gasteiger partial charge in [-0.15, -0.1) is 0 Å². The Balaban J connectivity index is 1.89. The van der Waals surface area contributed by atoms with Crippen molar-refractivity contribution in [2.24, 2.45) is 0 Å². The van der Waals surface area contributed by atoms with E-state index < -0.39 is 0 Å². The molecule has 1 atom stereocenters. The third-order valence-electron chi connectivity index (χ3n) is 4.24. The van der Waals surface area contributed by atoms with Crippen LogP contribution in [0.2, 0.25) is 0 Å². The normalized spacial score (nSPS) is 23.8. The van der Waals surface area contributed by atoms with E-state index in [0.29, 0.717) is 11.6 Å². The molecule has 100 valence electrons. The molecule has 0 saturated carbocycles. The fraction of sp³-hybridized carbons (Fsp3) is 0.600. The third kappa shape index (κ3) is 2.43. The number of nitriles is 1. The smallest absolute Gasteiger partial charge is 0.146 e. The maximum Gasteiger partial charge on any atom is 0.146 e. The lowest BCUT2D eigenvalue weighted by atomic mass is 10.2. The predicted octanol–water partition coefficient (Wildman–Crippen LogP) is 1.94. The molecule has 3 rings (SSSR count). The van der Waals surface area contributed by atoms with Gasteiger partial charge in [0, 0.05) is 31.4 Å². The zero-order valence-electron chi connectivity index (χ0n) is 11.5. The maximum atomic E-state index is 9.27. The van der Waals surface area contributed by atoms with Crippen molar-refractivity contribution < 1.29 is 0 Å². The van der Waals surface area contributed by atoms with Gasteiger partial charge in [0.15, 0.2) is 0 Å². The standard InChI is InChI=1S/C15H20N4/c1-12-5-6-13(10-16)15(17-12)19-9-3-8-18-7-2-4-14(18)11-19/h5-6,14H,2-4,7-9,11H2,1H3. The quantitative estimate of drug-likeness (QED) is 0.770. The van der Waals surface area contributed by atoms with E-state index in [-0.39, 0.29) is 0 Å². The van der Waals surface area contributed by atoms with Crippen LogP contribution in [0.4, 0.5) is 5.82 Å². The monoisotopic (exact) mass is 256 g/mol. The number of nitrogens with zero attached hydrogens (tertiary/aromatic N) is 4. The van der Waals surface area contributed by atoms with Crippen LogP contribution in [0.1, 0.15) is 30.5 Å². The van der Waals surface area contributed by atoms with Crippen LogP contribution in [0, 0.1) is 18.3 Å². The third-order valence-corrected chi connectivity index (χ3v) is 4.24. The molecule has 0 N–H and O–H groups in total. The summed E-state index contributed by atoms with van der Waals surface area (Å²) in [6.45, 7) is 6.45. The maximum absolute atomic E-state index is 9.27. The fourth-order valence-electron chi connectivity index (χ4n) is 3.27. The molecule has 0 radical (unpaired) electrons. The Kier molecular flexibility index (Phi) is 3.39. The summed E-state index contributed by atoms with van der Waals surface area (Å²) < 4.78 is 0. The second-order valence-corrected chi connectivity index (χ2v) is 5.57. The van der Waals surface area contributed by atoms with Gasteiger partial charge in [0.2, 0.25) is 0 Å². The second kappa shape index (κ2) is 5.18. The number of anilines is 1. The van der Waals surface area contributed by atoms with Crippen molar-refractivity contribution in [2.75, 3.05) is 31.1 Å². The van der Waals surface area contributed by atoms with Gasteiger partial charge in [-0.05, 0) is 44.9 Å². The molecule has 3 heterocycles. The van der Waals surface area contributed by atoms with E-state index in [1.54, 1.807) is 0 Å². The minimum absolute atomic E-state index is 0.649. The van der Waals surface area contributed by atoms with Crippen molar-refractivity contribution in [3.05, 3.63) is 23.4 Å². The van der Waals surface area contributed by atoms with Gasteiger partial charge in [0.25, 0.3) is 0 Å². The van der Waals surface area contributed by atoms with Crippen LogP contribution >= 0.6 is 0 Å². The second-order valence-electron chi connectivity index (χ2n) is 5.57. The highest BCUT2D eigenvalue weighted by Gasteiger charge is 2.29. The molecular formula is C15H20N4. The van der Waals surface area contributed by atoms with E-state index in [1.165, 1.54) is 25.9 Å². The summed E-state index contributed by atoms with van der Waals surface area (Å²) in [5.74, 6) is 0.885. The van der Waals surface area contributed by atoms with Crippen LogP contribution in [0.25, 0.3) is 0 Å². The van der Waals surface area contributed by atoms with E-state index >= 15 is 0 Å². The number of rotatable bonds is 1. The number of pyridine rings is 1. The van der Waals surface area contributed by atoms with Crippen LogP contribution in [-0.4, -0.2) is 42.1 Å². The summed E-state index contributed by atoms with van der Waals surface area (Å²) in [5.41, 5.74) is 1.69. The molecule has 1 aromatic heterocycles. The summed E-state index contributed by atoms with van der Waals surface area (Å²) >= 11 is 0. The van der Waals surface area contributed by atoms with Crippen LogP contribution in [0.5, 0.6) is 0 Å². The molecule has 0 spiro atoms. The highest BCUT2D eigenvalue weighted by atomic mass is 15.3. The first-order valence-electron chi connectivity index (χ1n) is 7.14. The molecule has 1 aromatic rings. The largest absolute Gasteiger partial charge is 0.354 e. The van der Waals surface area contributed by atoms with Crippen LogP contribution in [0.3, 0.4) is 0 Å². The molecule has 2 aliphatic heterocycles. The van der Waals surface area contributed by atoms with Crippen LogP contribution in [-0.2, 0) is 0 Å². The van der Waals surface area contributed by atoms with E-state index in [1.807, 2.05) is 19.1 Å². The highest BCUT2D eigenvalue weighted by Crippen LogP contribution is 2.26. The average Bonchev–Trinajstić information content (AvgIpc) is 2.76. The van der Waals surface area contributed by atoms with E-state index in [4.69, 9.17) is 0 Å². The molecule has 4 heteroatoms. The number of fused-ring (bicyclic) bond motifs is 1. The number of aryl methyl sites for hydroxylation is 1. The molecule has 0 amide bonds. The number of hydrogen-bond donors (Lipinski definition) is 0. The summed E-state index contributed by atoms with van der Waals surface area (Å²) in [5, 5.41) is 9.27. The van der Waals surface area contributed by atoms with Gasteiger partial charge >= 0.3 is 0 Å². The molecule has 0 bridgehead atoms. The Labute approximate surface area is 114 Å². The highest BCUT2D eigenvalue weighted by molar-refractivity contribution is 5.54. The van der Waals surface area contributed by atoms with Gasteiger partial charge in [0.1, 0.15) is 11.9 Å². The molecule has 4 nitrogen and oxygen atoms in total. The average molecular weight is 256 g/mol. The van der Waals surface area contributed by atoms with Crippen molar-refractivity contribution in [2.45, 2.75) is 32.2 Å². The Morgan fingerprint density at radius 2 is 2.11 bits per heavy atom. The zero-order chi connectivity index (χ0) is 13.2. The van der Waals surface area contributed by atoms with Gasteiger partial charge in [-0.25, -0.2) is 4.98 Å². The summed E-state index contributed by atoms with van der Waals surface area (Å²) in [7, 11) is 0. The van der Waals surface area contributed by atoms with Crippen molar-refractivity contribution in [3.8, 4) is 6.07 Å². The first kappa shape index (κ1) is 12.4. The minimum atomic E-state index is 0.649. The molecule has 2 fully saturated rings. The van der Waals surface area contributed by atoms with Crippen LogP contribution < -0.4 is 4.90 Å². The molecule has 0 aromatic carbocycles. The predicted molar refractivity (Wildman–Crippen MR) is 75.1 cm³/mol. The lowest BCUT2D eigenvalue weighted by molar-refractivity contribution is 0.273. The molecule has 19 heavy (non-hydrogen) atoms. The summed E-state index contributed by atoms with van der Waals surface area (Å²) in [6, 6.07) is 6.75. The Morgan fingerprint density at radius 3 is 2.95 bits per heavy atom. The van der Waals surface area contributed by atoms with Gasteiger partial charge in [-0.1, -0.05) is 0 Å². The van der Waals surface area contributed by atoms with E-state index in [2.05, 4.69) is 20.9 Å². The van der Waals surface area contributed by atoms with E-state index in [9.17, 15) is 5.26 Å². The number of hydrogen-bond acceptors (Lipinski definition) is 4. The number of aromatic nitrogens is 1. The minimum Gasteiger partial charge on any atom is -0.354 e. The molecule has 2 saturated heterocycles. The first-order chi connectivity index (χ1) is 9.28. The lowest BCUT2D eigenvalue weighted by Gasteiger charge is -2.27. The summed E-state index contributed by atoms with van der Waals surface area (Å²) in [6.07, 6.45) is 3.76. The van der Waals surface area contributed by atoms with Crippen molar-refractivity contribution >= 4 is 5.82 Å². The summed E-state index contributed by atoms with van der Waals surface area (Å²) in [4.78, 5) is 9.53. The molecule has 1 unspecified atom stereocenters. The Bertz CT molecular complexity index is 505. The first-order valence-corrected chi connectivity index (χ1v) is 7.14. The van der Waals surface area contributed by atoms with E-state index in [0.717, 1.165) is 31.0 Å². The fourth-order valence-corrected chi connectivity index (χ4v) is 3.27. The van der Waals surface area contributed by atoms with Crippen LogP contribution in [0.15, 0.2) is 12.1 Å². The molecule has 0 aliphatic carbocycles. The van der Waals surface area contributed by atoms with Gasteiger partial charge < -0.3 is 4.90 Å². The SMILES string of the molecule is Cc1ccc(C#N)c(N2CCCN3CCCC3C2)n1. The lowest BCUT2D eigenvalue weighted by Crippen LogP contribution is -2.37. The Hall–Kier alpha value is -1.60. The Morgan fingerprint density at radius 1 is 1.26 bits per heavy atom. The van der Waals surface area contributed by atoms with Gasteiger partial charge in [-0.3, -0.25) is 4.90 Å². The zero-order valence-corrected chi connectivity index (χ0v) is 11.5. The van der Waals surface area contributed by atoms with Gasteiger partial charge in [0.05, 0.1) is 5.56 Å².